The van der Waals surface area contributed by atoms with Gasteiger partial charge < -0.3 is 0 Å². The van der Waals surface area contributed by atoms with E-state index in [1.165, 1.54) is 89.9 Å². The van der Waals surface area contributed by atoms with E-state index in [9.17, 15) is 0 Å². The van der Waals surface area contributed by atoms with Crippen molar-refractivity contribution in [3.63, 3.8) is 0 Å². The molecule has 0 bridgehead atoms. The molecule has 0 saturated carbocycles. The summed E-state index contributed by atoms with van der Waals surface area (Å²) in [6.45, 7) is 11.9. The predicted octanol–water partition coefficient (Wildman–Crippen LogP) is 8.15. The van der Waals surface area contributed by atoms with Gasteiger partial charge in [-0.25, -0.2) is 0 Å². The molecule has 0 heteroatoms. The third kappa shape index (κ3) is 16.2. The largest absolute Gasteiger partial charge is 0.0654 e. The first-order valence-electron chi connectivity index (χ1n) is 9.99. The Hall–Kier alpha value is 0. The molecule has 0 aliphatic heterocycles. The van der Waals surface area contributed by atoms with Crippen molar-refractivity contribution >= 4 is 0 Å². The highest BCUT2D eigenvalue weighted by molar-refractivity contribution is 4.70. The highest BCUT2D eigenvalue weighted by Crippen LogP contribution is 2.31. The van der Waals surface area contributed by atoms with Crippen molar-refractivity contribution in [1.29, 1.82) is 0 Å². The molecule has 0 aromatic carbocycles. The quantitative estimate of drug-likeness (QED) is 0.284. The first kappa shape index (κ1) is 21.0. The molecule has 0 nitrogen and oxygen atoms in total. The Balaban J connectivity index is 3.81. The van der Waals surface area contributed by atoms with E-state index >= 15 is 0 Å². The Morgan fingerprint density at radius 3 is 1.33 bits per heavy atom. The van der Waals surface area contributed by atoms with Gasteiger partial charge in [-0.15, -0.1) is 0 Å². The molecule has 128 valence electrons. The van der Waals surface area contributed by atoms with Gasteiger partial charge in [0.25, 0.3) is 0 Å². The van der Waals surface area contributed by atoms with E-state index in [4.69, 9.17) is 0 Å². The number of hydrogen-bond donors (Lipinski definition) is 0. The summed E-state index contributed by atoms with van der Waals surface area (Å²) >= 11 is 0. The molecule has 0 aromatic heterocycles. The van der Waals surface area contributed by atoms with Crippen LogP contribution in [0.15, 0.2) is 0 Å². The summed E-state index contributed by atoms with van der Waals surface area (Å²) < 4.78 is 0. The minimum absolute atomic E-state index is 0.510. The van der Waals surface area contributed by atoms with Crippen molar-refractivity contribution in [3.8, 4) is 0 Å². The molecular formula is C21H44. The molecular weight excluding hydrogens is 252 g/mol. The third-order valence-electron chi connectivity index (χ3n) is 4.58. The maximum atomic E-state index is 2.42. The Morgan fingerprint density at radius 2 is 0.952 bits per heavy atom. The number of unbranched alkanes of at least 4 members (excludes halogenated alkanes) is 9. The molecule has 1 atom stereocenters. The lowest BCUT2D eigenvalue weighted by Gasteiger charge is -2.26. The SMILES string of the molecule is CCCCCCCCC(CCCCCCC)CC(C)(C)C. The van der Waals surface area contributed by atoms with Gasteiger partial charge in [0, 0.05) is 0 Å². The fourth-order valence-electron chi connectivity index (χ4n) is 3.46. The monoisotopic (exact) mass is 296 g/mol. The van der Waals surface area contributed by atoms with E-state index in [0.717, 1.165) is 5.92 Å². The lowest BCUT2D eigenvalue weighted by atomic mass is 9.80. The van der Waals surface area contributed by atoms with Crippen LogP contribution in [0.25, 0.3) is 0 Å². The molecule has 0 aromatic rings. The van der Waals surface area contributed by atoms with Crippen LogP contribution in [0.1, 0.15) is 125 Å². The predicted molar refractivity (Wildman–Crippen MR) is 98.9 cm³/mol. The summed E-state index contributed by atoms with van der Waals surface area (Å²) in [4.78, 5) is 0. The van der Waals surface area contributed by atoms with Gasteiger partial charge in [-0.05, 0) is 17.8 Å². The summed E-state index contributed by atoms with van der Waals surface area (Å²) in [5.41, 5.74) is 0.510. The fraction of sp³-hybridized carbons (Fsp3) is 1.00. The number of rotatable bonds is 14. The van der Waals surface area contributed by atoms with Gasteiger partial charge in [0.2, 0.25) is 0 Å². The molecule has 0 rings (SSSR count). The van der Waals surface area contributed by atoms with E-state index in [1.807, 2.05) is 0 Å². The van der Waals surface area contributed by atoms with E-state index < -0.39 is 0 Å². The second kappa shape index (κ2) is 13.6. The molecule has 21 heavy (non-hydrogen) atoms. The van der Waals surface area contributed by atoms with Crippen molar-refractivity contribution in [1.82, 2.24) is 0 Å². The summed E-state index contributed by atoms with van der Waals surface area (Å²) in [5, 5.41) is 0. The van der Waals surface area contributed by atoms with E-state index in [0.29, 0.717) is 5.41 Å². The molecule has 0 fully saturated rings. The molecule has 0 spiro atoms. The van der Waals surface area contributed by atoms with Crippen LogP contribution < -0.4 is 0 Å². The van der Waals surface area contributed by atoms with E-state index in [-0.39, 0.29) is 0 Å². The zero-order valence-corrected chi connectivity index (χ0v) is 16.0. The van der Waals surface area contributed by atoms with E-state index in [2.05, 4.69) is 34.6 Å². The first-order valence-corrected chi connectivity index (χ1v) is 9.99. The maximum Gasteiger partial charge on any atom is -0.0380 e. The van der Waals surface area contributed by atoms with Crippen LogP contribution >= 0.6 is 0 Å². The van der Waals surface area contributed by atoms with Gasteiger partial charge in [0.05, 0.1) is 0 Å². The zero-order valence-electron chi connectivity index (χ0n) is 16.0. The topological polar surface area (TPSA) is 0 Å². The average Bonchev–Trinajstić information content (AvgIpc) is 2.40. The first-order chi connectivity index (χ1) is 9.99. The lowest BCUT2D eigenvalue weighted by molar-refractivity contribution is 0.260. The second-order valence-corrected chi connectivity index (χ2v) is 8.39. The molecule has 0 aliphatic rings. The smallest absolute Gasteiger partial charge is 0.0380 e. The van der Waals surface area contributed by atoms with Crippen molar-refractivity contribution in [2.24, 2.45) is 11.3 Å². The molecule has 0 saturated heterocycles. The Kier molecular flexibility index (Phi) is 13.6. The summed E-state index contributed by atoms with van der Waals surface area (Å²) in [6, 6.07) is 0. The standard InChI is InChI=1S/C21H44/c1-6-8-10-12-14-16-18-20(19-21(3,4)5)17-15-13-11-9-7-2/h20H,6-19H2,1-5H3. The second-order valence-electron chi connectivity index (χ2n) is 8.39. The number of hydrogen-bond acceptors (Lipinski definition) is 0. The summed E-state index contributed by atoms with van der Waals surface area (Å²) in [6.07, 6.45) is 20.2. The van der Waals surface area contributed by atoms with Crippen LogP contribution in [0.2, 0.25) is 0 Å². The molecule has 0 amide bonds. The minimum Gasteiger partial charge on any atom is -0.0654 e. The van der Waals surface area contributed by atoms with Crippen molar-refractivity contribution < 1.29 is 0 Å². The summed E-state index contributed by atoms with van der Waals surface area (Å²) in [7, 11) is 0. The van der Waals surface area contributed by atoms with Gasteiger partial charge in [-0.3, -0.25) is 0 Å². The molecule has 0 N–H and O–H groups in total. The molecule has 0 heterocycles. The Bertz CT molecular complexity index is 199. The maximum absolute atomic E-state index is 2.42. The molecule has 0 aliphatic carbocycles. The molecule has 0 radical (unpaired) electrons. The zero-order chi connectivity index (χ0) is 16.0. The van der Waals surface area contributed by atoms with Gasteiger partial charge in [-0.2, -0.15) is 0 Å². The van der Waals surface area contributed by atoms with Crippen LogP contribution in [-0.2, 0) is 0 Å². The van der Waals surface area contributed by atoms with Gasteiger partial charge in [-0.1, -0.05) is 118 Å². The van der Waals surface area contributed by atoms with Crippen molar-refractivity contribution in [3.05, 3.63) is 0 Å². The average molecular weight is 297 g/mol. The lowest BCUT2D eigenvalue weighted by Crippen LogP contribution is -2.13. The third-order valence-corrected chi connectivity index (χ3v) is 4.58. The van der Waals surface area contributed by atoms with Crippen LogP contribution in [0, 0.1) is 11.3 Å². The highest BCUT2D eigenvalue weighted by Gasteiger charge is 2.18. The Morgan fingerprint density at radius 1 is 0.571 bits per heavy atom. The van der Waals surface area contributed by atoms with Gasteiger partial charge >= 0.3 is 0 Å². The van der Waals surface area contributed by atoms with Crippen LogP contribution in [-0.4, -0.2) is 0 Å². The highest BCUT2D eigenvalue weighted by atomic mass is 14.2. The minimum atomic E-state index is 0.510. The van der Waals surface area contributed by atoms with Crippen LogP contribution in [0.5, 0.6) is 0 Å². The van der Waals surface area contributed by atoms with E-state index in [1.54, 1.807) is 0 Å². The summed E-state index contributed by atoms with van der Waals surface area (Å²) in [5.74, 6) is 0.984. The van der Waals surface area contributed by atoms with Gasteiger partial charge in [0.15, 0.2) is 0 Å². The van der Waals surface area contributed by atoms with Gasteiger partial charge in [0.1, 0.15) is 0 Å². The molecule has 1 unspecified atom stereocenters. The van der Waals surface area contributed by atoms with Crippen molar-refractivity contribution in [2.45, 2.75) is 125 Å². The normalized spacial score (nSPS) is 13.6. The van der Waals surface area contributed by atoms with Crippen LogP contribution in [0.3, 0.4) is 0 Å². The van der Waals surface area contributed by atoms with Crippen LogP contribution in [0.4, 0.5) is 0 Å². The fourth-order valence-corrected chi connectivity index (χ4v) is 3.46. The van der Waals surface area contributed by atoms with Crippen molar-refractivity contribution in [2.75, 3.05) is 0 Å². The Labute approximate surface area is 136 Å².